The van der Waals surface area contributed by atoms with Gasteiger partial charge in [-0.3, -0.25) is 0 Å². The monoisotopic (exact) mass is 356 g/mol. The first-order chi connectivity index (χ1) is 11.6. The molecule has 0 aromatic heterocycles. The topological polar surface area (TPSA) is 26.3 Å². The SMILES string of the molecule is O=C(OCc1ccccc1)c1ccc(Cl)cc1-c1cccc(Cl)c1. The smallest absolute Gasteiger partial charge is 0.339 e. The summed E-state index contributed by atoms with van der Waals surface area (Å²) in [6.07, 6.45) is 0. The number of halogens is 2. The summed E-state index contributed by atoms with van der Waals surface area (Å²) in [4.78, 5) is 12.5. The van der Waals surface area contributed by atoms with E-state index < -0.39 is 5.97 Å². The molecule has 0 amide bonds. The molecular formula is C20H14Cl2O2. The van der Waals surface area contributed by atoms with Crippen molar-refractivity contribution in [3.05, 3.63) is 94.0 Å². The molecule has 0 aliphatic rings. The lowest BCUT2D eigenvalue weighted by molar-refractivity contribution is 0.0473. The Morgan fingerprint density at radius 3 is 2.33 bits per heavy atom. The molecule has 4 heteroatoms. The Bertz CT molecular complexity index is 861. The van der Waals surface area contributed by atoms with Gasteiger partial charge in [0.2, 0.25) is 0 Å². The van der Waals surface area contributed by atoms with Gasteiger partial charge in [0, 0.05) is 10.0 Å². The average Bonchev–Trinajstić information content (AvgIpc) is 2.60. The van der Waals surface area contributed by atoms with Crippen molar-refractivity contribution in [2.45, 2.75) is 6.61 Å². The number of esters is 1. The second-order valence-electron chi connectivity index (χ2n) is 5.26. The standard InChI is InChI=1S/C20H14Cl2O2/c21-16-8-4-7-15(11-16)19-12-17(22)9-10-18(19)20(23)24-13-14-5-2-1-3-6-14/h1-12H,13H2. The molecule has 0 spiro atoms. The van der Waals surface area contributed by atoms with Gasteiger partial charge in [0.05, 0.1) is 5.56 Å². The van der Waals surface area contributed by atoms with Crippen molar-refractivity contribution < 1.29 is 9.53 Å². The van der Waals surface area contributed by atoms with Gasteiger partial charge < -0.3 is 4.74 Å². The van der Waals surface area contributed by atoms with Gasteiger partial charge in [0.15, 0.2) is 0 Å². The molecule has 0 fully saturated rings. The third-order valence-corrected chi connectivity index (χ3v) is 4.02. The number of hydrogen-bond donors (Lipinski definition) is 0. The number of benzene rings is 3. The molecule has 0 saturated heterocycles. The lowest BCUT2D eigenvalue weighted by Crippen LogP contribution is -2.07. The van der Waals surface area contributed by atoms with Gasteiger partial charge in [-0.2, -0.15) is 0 Å². The molecule has 0 bridgehead atoms. The first kappa shape index (κ1) is 16.6. The molecule has 0 unspecified atom stereocenters. The fraction of sp³-hybridized carbons (Fsp3) is 0.0500. The summed E-state index contributed by atoms with van der Waals surface area (Å²) in [7, 11) is 0. The summed E-state index contributed by atoms with van der Waals surface area (Å²) in [6.45, 7) is 0.220. The summed E-state index contributed by atoms with van der Waals surface area (Å²) in [5.74, 6) is -0.398. The number of ether oxygens (including phenoxy) is 1. The molecule has 0 heterocycles. The average molecular weight is 357 g/mol. The van der Waals surface area contributed by atoms with Gasteiger partial charge in [0.25, 0.3) is 0 Å². The van der Waals surface area contributed by atoms with Crippen molar-refractivity contribution in [2.24, 2.45) is 0 Å². The molecular weight excluding hydrogens is 343 g/mol. The van der Waals surface area contributed by atoms with Crippen molar-refractivity contribution in [2.75, 3.05) is 0 Å². The highest BCUT2D eigenvalue weighted by molar-refractivity contribution is 6.31. The van der Waals surface area contributed by atoms with Gasteiger partial charge in [-0.1, -0.05) is 65.7 Å². The highest BCUT2D eigenvalue weighted by Crippen LogP contribution is 2.29. The Kier molecular flexibility index (Phi) is 5.19. The van der Waals surface area contributed by atoms with Crippen LogP contribution in [0.1, 0.15) is 15.9 Å². The molecule has 3 rings (SSSR count). The fourth-order valence-corrected chi connectivity index (χ4v) is 2.75. The van der Waals surface area contributed by atoms with Crippen LogP contribution in [0.3, 0.4) is 0 Å². The van der Waals surface area contributed by atoms with E-state index >= 15 is 0 Å². The zero-order valence-electron chi connectivity index (χ0n) is 12.7. The van der Waals surface area contributed by atoms with E-state index in [9.17, 15) is 4.79 Å². The summed E-state index contributed by atoms with van der Waals surface area (Å²) >= 11 is 12.2. The second kappa shape index (κ2) is 7.52. The molecule has 3 aromatic carbocycles. The number of rotatable bonds is 4. The van der Waals surface area contributed by atoms with Gasteiger partial charge in [-0.05, 0) is 47.0 Å². The predicted octanol–water partition coefficient (Wildman–Crippen LogP) is 6.02. The summed E-state index contributed by atoms with van der Waals surface area (Å²) in [6, 6.07) is 21.9. The van der Waals surface area contributed by atoms with Gasteiger partial charge in [-0.15, -0.1) is 0 Å². The summed E-state index contributed by atoms with van der Waals surface area (Å²) in [5.41, 5.74) is 2.90. The molecule has 0 aliphatic carbocycles. The van der Waals surface area contributed by atoms with Crippen molar-refractivity contribution in [1.82, 2.24) is 0 Å². The van der Waals surface area contributed by atoms with Gasteiger partial charge in [0.1, 0.15) is 6.61 Å². The van der Waals surface area contributed by atoms with E-state index in [4.69, 9.17) is 27.9 Å². The molecule has 0 atom stereocenters. The van der Waals surface area contributed by atoms with Crippen molar-refractivity contribution in [3.8, 4) is 11.1 Å². The lowest BCUT2D eigenvalue weighted by atomic mass is 10.00. The quantitative estimate of drug-likeness (QED) is 0.534. The van der Waals surface area contributed by atoms with Gasteiger partial charge >= 0.3 is 5.97 Å². The molecule has 2 nitrogen and oxygen atoms in total. The van der Waals surface area contributed by atoms with E-state index in [1.54, 1.807) is 30.3 Å². The van der Waals surface area contributed by atoms with E-state index in [0.29, 0.717) is 21.2 Å². The highest BCUT2D eigenvalue weighted by atomic mass is 35.5. The van der Waals surface area contributed by atoms with Crippen LogP contribution in [0.2, 0.25) is 10.0 Å². The Morgan fingerprint density at radius 1 is 0.833 bits per heavy atom. The normalized spacial score (nSPS) is 10.4. The molecule has 24 heavy (non-hydrogen) atoms. The molecule has 0 saturated carbocycles. The lowest BCUT2D eigenvalue weighted by Gasteiger charge is -2.11. The van der Waals surface area contributed by atoms with E-state index in [0.717, 1.165) is 11.1 Å². The van der Waals surface area contributed by atoms with E-state index in [2.05, 4.69) is 0 Å². The maximum Gasteiger partial charge on any atom is 0.339 e. The molecule has 0 aliphatic heterocycles. The van der Waals surface area contributed by atoms with Crippen molar-refractivity contribution in [3.63, 3.8) is 0 Å². The first-order valence-corrected chi connectivity index (χ1v) is 8.15. The maximum absolute atomic E-state index is 12.5. The van der Waals surface area contributed by atoms with Crippen LogP contribution in [0.15, 0.2) is 72.8 Å². The minimum absolute atomic E-state index is 0.220. The zero-order chi connectivity index (χ0) is 16.9. The molecule has 120 valence electrons. The van der Waals surface area contributed by atoms with Crippen LogP contribution in [0.25, 0.3) is 11.1 Å². The van der Waals surface area contributed by atoms with E-state index in [1.807, 2.05) is 42.5 Å². The Morgan fingerprint density at radius 2 is 1.58 bits per heavy atom. The number of hydrogen-bond acceptors (Lipinski definition) is 2. The maximum atomic E-state index is 12.5. The van der Waals surface area contributed by atoms with Crippen LogP contribution in [0.5, 0.6) is 0 Å². The van der Waals surface area contributed by atoms with Crippen LogP contribution >= 0.6 is 23.2 Å². The highest BCUT2D eigenvalue weighted by Gasteiger charge is 2.15. The number of carbonyl (C=O) groups is 1. The van der Waals surface area contributed by atoms with Crippen LogP contribution in [0, 0.1) is 0 Å². The van der Waals surface area contributed by atoms with Crippen LogP contribution in [-0.4, -0.2) is 5.97 Å². The number of carbonyl (C=O) groups excluding carboxylic acids is 1. The van der Waals surface area contributed by atoms with Crippen molar-refractivity contribution in [1.29, 1.82) is 0 Å². The Labute approximate surface area is 150 Å². The van der Waals surface area contributed by atoms with Crippen molar-refractivity contribution >= 4 is 29.2 Å². The fourth-order valence-electron chi connectivity index (χ4n) is 2.39. The molecule has 3 aromatic rings. The minimum atomic E-state index is -0.398. The Balaban J connectivity index is 1.88. The Hall–Kier alpha value is -2.29. The van der Waals surface area contributed by atoms with Crippen LogP contribution in [0.4, 0.5) is 0 Å². The first-order valence-electron chi connectivity index (χ1n) is 7.40. The molecule has 0 N–H and O–H groups in total. The summed E-state index contributed by atoms with van der Waals surface area (Å²) in [5, 5.41) is 1.14. The third kappa shape index (κ3) is 3.97. The van der Waals surface area contributed by atoms with E-state index in [-0.39, 0.29) is 6.61 Å². The van der Waals surface area contributed by atoms with E-state index in [1.165, 1.54) is 0 Å². The zero-order valence-corrected chi connectivity index (χ0v) is 14.2. The summed E-state index contributed by atoms with van der Waals surface area (Å²) < 4.78 is 5.43. The molecule has 0 radical (unpaired) electrons. The predicted molar refractivity (Wildman–Crippen MR) is 97.5 cm³/mol. The van der Waals surface area contributed by atoms with Gasteiger partial charge in [-0.25, -0.2) is 4.79 Å². The van der Waals surface area contributed by atoms with Crippen LogP contribution in [-0.2, 0) is 11.3 Å². The largest absolute Gasteiger partial charge is 0.457 e. The third-order valence-electron chi connectivity index (χ3n) is 3.55. The van der Waals surface area contributed by atoms with Crippen LogP contribution < -0.4 is 0 Å². The minimum Gasteiger partial charge on any atom is -0.457 e. The second-order valence-corrected chi connectivity index (χ2v) is 6.13.